The fourth-order valence-corrected chi connectivity index (χ4v) is 0.724. The molecule has 0 aliphatic carbocycles. The van der Waals surface area contributed by atoms with E-state index in [1.807, 2.05) is 0 Å². The normalized spacial score (nSPS) is 9.00. The van der Waals surface area contributed by atoms with Crippen LogP contribution in [0.2, 0.25) is 0 Å². The molecule has 12 heavy (non-hydrogen) atoms. The Labute approximate surface area is 69.6 Å². The van der Waals surface area contributed by atoms with Gasteiger partial charge in [0.15, 0.2) is 0 Å². The number of hydrogen-bond acceptors (Lipinski definition) is 3. The molecule has 4 nitrogen and oxygen atoms in total. The molecule has 1 amide bonds. The quantitative estimate of drug-likeness (QED) is 0.526. The highest BCUT2D eigenvalue weighted by atomic mass is 16.2. The minimum atomic E-state index is -0.321. The molecule has 0 spiro atoms. The SMILES string of the molecule is O=CCC(=O)Nc1cccnc1. The fraction of sp³-hybridized carbons (Fsp3) is 0.125. The van der Waals surface area contributed by atoms with Crippen molar-refractivity contribution in [2.45, 2.75) is 6.42 Å². The summed E-state index contributed by atoms with van der Waals surface area (Å²) in [4.78, 5) is 24.6. The van der Waals surface area contributed by atoms with E-state index in [9.17, 15) is 9.59 Å². The Morgan fingerprint density at radius 3 is 3.08 bits per heavy atom. The summed E-state index contributed by atoms with van der Waals surface area (Å²) in [5, 5.41) is 2.51. The lowest BCUT2D eigenvalue weighted by atomic mass is 10.4. The molecule has 1 aromatic heterocycles. The van der Waals surface area contributed by atoms with Gasteiger partial charge in [0.25, 0.3) is 0 Å². The van der Waals surface area contributed by atoms with Crippen molar-refractivity contribution in [2.75, 3.05) is 5.32 Å². The summed E-state index contributed by atoms with van der Waals surface area (Å²) in [6.45, 7) is 0. The predicted molar refractivity (Wildman–Crippen MR) is 43.5 cm³/mol. The Balaban J connectivity index is 2.52. The molecule has 0 aliphatic heterocycles. The van der Waals surface area contributed by atoms with Gasteiger partial charge in [0, 0.05) is 6.20 Å². The van der Waals surface area contributed by atoms with E-state index < -0.39 is 0 Å². The number of rotatable bonds is 3. The van der Waals surface area contributed by atoms with Crippen LogP contribution in [0.25, 0.3) is 0 Å². The van der Waals surface area contributed by atoms with Crippen molar-refractivity contribution in [2.24, 2.45) is 0 Å². The maximum atomic E-state index is 10.8. The molecule has 0 aromatic carbocycles. The monoisotopic (exact) mass is 164 g/mol. The molecule has 0 atom stereocenters. The number of nitrogens with one attached hydrogen (secondary N) is 1. The summed E-state index contributed by atoms with van der Waals surface area (Å²) in [6, 6.07) is 3.41. The van der Waals surface area contributed by atoms with Gasteiger partial charge >= 0.3 is 0 Å². The fourth-order valence-electron chi connectivity index (χ4n) is 0.724. The highest BCUT2D eigenvalue weighted by Crippen LogP contribution is 2.02. The second kappa shape index (κ2) is 4.23. The van der Waals surface area contributed by atoms with Crippen LogP contribution in [0.4, 0.5) is 5.69 Å². The van der Waals surface area contributed by atoms with Crippen LogP contribution in [0.1, 0.15) is 6.42 Å². The molecule has 0 fully saturated rings. The molecule has 1 N–H and O–H groups in total. The van der Waals surface area contributed by atoms with E-state index in [-0.39, 0.29) is 12.3 Å². The Kier molecular flexibility index (Phi) is 2.95. The minimum Gasteiger partial charge on any atom is -0.324 e. The third kappa shape index (κ3) is 2.49. The largest absolute Gasteiger partial charge is 0.324 e. The lowest BCUT2D eigenvalue weighted by Crippen LogP contribution is -2.11. The van der Waals surface area contributed by atoms with E-state index in [0.29, 0.717) is 12.0 Å². The number of carbonyl (C=O) groups is 2. The molecule has 4 heteroatoms. The van der Waals surface area contributed by atoms with Gasteiger partial charge in [-0.2, -0.15) is 0 Å². The molecule has 0 bridgehead atoms. The van der Waals surface area contributed by atoms with Crippen molar-refractivity contribution in [3.63, 3.8) is 0 Å². The summed E-state index contributed by atoms with van der Waals surface area (Å²) in [6.07, 6.45) is 3.57. The summed E-state index contributed by atoms with van der Waals surface area (Å²) >= 11 is 0. The van der Waals surface area contributed by atoms with Gasteiger partial charge in [-0.05, 0) is 12.1 Å². The predicted octanol–water partition coefficient (Wildman–Crippen LogP) is 0.609. The molecule has 62 valence electrons. The van der Waals surface area contributed by atoms with Gasteiger partial charge in [-0.25, -0.2) is 0 Å². The average molecular weight is 164 g/mol. The van der Waals surface area contributed by atoms with Crippen molar-refractivity contribution in [3.05, 3.63) is 24.5 Å². The van der Waals surface area contributed by atoms with Crippen molar-refractivity contribution in [3.8, 4) is 0 Å². The van der Waals surface area contributed by atoms with Gasteiger partial charge in [0.1, 0.15) is 6.29 Å². The lowest BCUT2D eigenvalue weighted by molar-refractivity contribution is -0.119. The van der Waals surface area contributed by atoms with Crippen LogP contribution in [0.5, 0.6) is 0 Å². The second-order valence-corrected chi connectivity index (χ2v) is 2.16. The molecule has 0 unspecified atom stereocenters. The Morgan fingerprint density at radius 2 is 2.50 bits per heavy atom. The summed E-state index contributed by atoms with van der Waals surface area (Å²) in [7, 11) is 0. The number of carbonyl (C=O) groups excluding carboxylic acids is 2. The molecule has 0 saturated heterocycles. The Morgan fingerprint density at radius 1 is 1.67 bits per heavy atom. The van der Waals surface area contributed by atoms with Gasteiger partial charge in [0.2, 0.25) is 5.91 Å². The number of nitrogens with zero attached hydrogens (tertiary/aromatic N) is 1. The summed E-state index contributed by atoms with van der Waals surface area (Å²) in [5.74, 6) is -0.321. The highest BCUT2D eigenvalue weighted by Gasteiger charge is 1.99. The molecule has 0 aliphatic rings. The van der Waals surface area contributed by atoms with Crippen LogP contribution >= 0.6 is 0 Å². The summed E-state index contributed by atoms with van der Waals surface area (Å²) < 4.78 is 0. The molecule has 1 rings (SSSR count). The van der Waals surface area contributed by atoms with Crippen molar-refractivity contribution >= 4 is 17.9 Å². The smallest absolute Gasteiger partial charge is 0.231 e. The van der Waals surface area contributed by atoms with E-state index in [0.717, 1.165) is 0 Å². The molecule has 0 saturated carbocycles. The van der Waals surface area contributed by atoms with E-state index in [2.05, 4.69) is 10.3 Å². The van der Waals surface area contributed by atoms with Crippen molar-refractivity contribution in [1.82, 2.24) is 4.98 Å². The van der Waals surface area contributed by atoms with E-state index >= 15 is 0 Å². The third-order valence-electron chi connectivity index (χ3n) is 1.21. The Bertz CT molecular complexity index is 272. The van der Waals surface area contributed by atoms with Gasteiger partial charge < -0.3 is 10.1 Å². The zero-order valence-electron chi connectivity index (χ0n) is 6.36. The molecule has 1 aromatic rings. The van der Waals surface area contributed by atoms with Crippen LogP contribution < -0.4 is 5.32 Å². The van der Waals surface area contributed by atoms with Crippen LogP contribution in [-0.2, 0) is 9.59 Å². The number of hydrogen-bond donors (Lipinski definition) is 1. The van der Waals surface area contributed by atoms with E-state index in [1.54, 1.807) is 18.3 Å². The second-order valence-electron chi connectivity index (χ2n) is 2.16. The number of aromatic nitrogens is 1. The number of amides is 1. The van der Waals surface area contributed by atoms with Crippen LogP contribution in [0.15, 0.2) is 24.5 Å². The molecule has 1 heterocycles. The first-order valence-corrected chi connectivity index (χ1v) is 3.46. The zero-order valence-corrected chi connectivity index (χ0v) is 6.36. The van der Waals surface area contributed by atoms with Gasteiger partial charge in [-0.3, -0.25) is 9.78 Å². The zero-order chi connectivity index (χ0) is 8.81. The van der Waals surface area contributed by atoms with Crippen LogP contribution in [0.3, 0.4) is 0 Å². The lowest BCUT2D eigenvalue weighted by Gasteiger charge is -1.99. The standard InChI is InChI=1S/C8H8N2O2/c11-5-3-8(12)10-7-2-1-4-9-6-7/h1-2,4-6H,3H2,(H,10,12). The maximum absolute atomic E-state index is 10.8. The molecular weight excluding hydrogens is 156 g/mol. The first-order chi connectivity index (χ1) is 5.83. The topological polar surface area (TPSA) is 59.1 Å². The van der Waals surface area contributed by atoms with Crippen LogP contribution in [0, 0.1) is 0 Å². The number of aldehydes is 1. The number of pyridine rings is 1. The average Bonchev–Trinajstić information content (AvgIpc) is 2.06. The van der Waals surface area contributed by atoms with Gasteiger partial charge in [0.05, 0.1) is 18.3 Å². The maximum Gasteiger partial charge on any atom is 0.231 e. The molecular formula is C8H8N2O2. The summed E-state index contributed by atoms with van der Waals surface area (Å²) in [5.41, 5.74) is 0.601. The third-order valence-corrected chi connectivity index (χ3v) is 1.21. The van der Waals surface area contributed by atoms with E-state index in [4.69, 9.17) is 0 Å². The minimum absolute atomic E-state index is 0.116. The molecule has 0 radical (unpaired) electrons. The first kappa shape index (κ1) is 8.39. The number of anilines is 1. The van der Waals surface area contributed by atoms with Crippen LogP contribution in [-0.4, -0.2) is 17.2 Å². The highest BCUT2D eigenvalue weighted by molar-refractivity contribution is 5.97. The van der Waals surface area contributed by atoms with E-state index in [1.165, 1.54) is 6.20 Å². The van der Waals surface area contributed by atoms with Crippen molar-refractivity contribution < 1.29 is 9.59 Å². The van der Waals surface area contributed by atoms with Crippen molar-refractivity contribution in [1.29, 1.82) is 0 Å². The Hall–Kier alpha value is -1.71. The van der Waals surface area contributed by atoms with Gasteiger partial charge in [-0.1, -0.05) is 0 Å². The van der Waals surface area contributed by atoms with Gasteiger partial charge in [-0.15, -0.1) is 0 Å². The first-order valence-electron chi connectivity index (χ1n) is 3.46.